The minimum Gasteiger partial charge on any atom is -0.377 e. The molecule has 112 valence electrons. The summed E-state index contributed by atoms with van der Waals surface area (Å²) in [6, 6.07) is 2.62. The molecule has 1 aliphatic heterocycles. The standard InChI is InChI=1S/C14H17F4NO/c1-9(13-3-2-4-20-13)19-8-10-5-11(14(16,17)18)7-12(15)6-10/h5-7,9,13,19H,2-4,8H2,1H3. The topological polar surface area (TPSA) is 21.3 Å². The summed E-state index contributed by atoms with van der Waals surface area (Å²) in [7, 11) is 0. The fraction of sp³-hybridized carbons (Fsp3) is 0.571. The maximum Gasteiger partial charge on any atom is 0.416 e. The van der Waals surface area contributed by atoms with Gasteiger partial charge in [0.25, 0.3) is 0 Å². The Morgan fingerprint density at radius 2 is 2.10 bits per heavy atom. The lowest BCUT2D eigenvalue weighted by molar-refractivity contribution is -0.137. The summed E-state index contributed by atoms with van der Waals surface area (Å²) in [6.07, 6.45) is -2.53. The van der Waals surface area contributed by atoms with Crippen molar-refractivity contribution < 1.29 is 22.3 Å². The van der Waals surface area contributed by atoms with E-state index >= 15 is 0 Å². The molecular weight excluding hydrogens is 274 g/mol. The maximum absolute atomic E-state index is 13.2. The highest BCUT2D eigenvalue weighted by atomic mass is 19.4. The summed E-state index contributed by atoms with van der Waals surface area (Å²) < 4.78 is 56.5. The molecule has 0 amide bonds. The molecular formula is C14H17F4NO. The molecule has 0 saturated carbocycles. The lowest BCUT2D eigenvalue weighted by Gasteiger charge is -2.20. The smallest absolute Gasteiger partial charge is 0.377 e. The second-order valence-electron chi connectivity index (χ2n) is 5.07. The van der Waals surface area contributed by atoms with Crippen LogP contribution in [0.25, 0.3) is 0 Å². The van der Waals surface area contributed by atoms with Gasteiger partial charge in [0.05, 0.1) is 11.7 Å². The van der Waals surface area contributed by atoms with Gasteiger partial charge in [0.15, 0.2) is 0 Å². The number of ether oxygens (including phenoxy) is 1. The molecule has 1 N–H and O–H groups in total. The van der Waals surface area contributed by atoms with Gasteiger partial charge in [-0.25, -0.2) is 4.39 Å². The molecule has 1 fully saturated rings. The van der Waals surface area contributed by atoms with Gasteiger partial charge in [-0.15, -0.1) is 0 Å². The number of hydrogen-bond donors (Lipinski definition) is 1. The summed E-state index contributed by atoms with van der Waals surface area (Å²) in [5, 5.41) is 3.09. The summed E-state index contributed by atoms with van der Waals surface area (Å²) in [5.74, 6) is -0.874. The predicted octanol–water partition coefficient (Wildman–Crippen LogP) is 3.50. The van der Waals surface area contributed by atoms with Crippen LogP contribution >= 0.6 is 0 Å². The number of hydrogen-bond acceptors (Lipinski definition) is 2. The molecule has 0 aromatic heterocycles. The quantitative estimate of drug-likeness (QED) is 0.857. The van der Waals surface area contributed by atoms with Crippen LogP contribution in [0.4, 0.5) is 17.6 Å². The molecule has 2 atom stereocenters. The van der Waals surface area contributed by atoms with Crippen LogP contribution in [0, 0.1) is 5.82 Å². The van der Waals surface area contributed by atoms with Crippen molar-refractivity contribution >= 4 is 0 Å². The summed E-state index contributed by atoms with van der Waals surface area (Å²) in [4.78, 5) is 0. The lowest BCUT2D eigenvalue weighted by Crippen LogP contribution is -2.36. The fourth-order valence-electron chi connectivity index (χ4n) is 2.32. The monoisotopic (exact) mass is 291 g/mol. The van der Waals surface area contributed by atoms with Gasteiger partial charge in [-0.1, -0.05) is 0 Å². The molecule has 2 nitrogen and oxygen atoms in total. The molecule has 1 heterocycles. The van der Waals surface area contributed by atoms with Crippen LogP contribution in [-0.2, 0) is 17.5 Å². The van der Waals surface area contributed by atoms with Crippen molar-refractivity contribution in [3.63, 3.8) is 0 Å². The normalized spacial score (nSPS) is 21.1. The molecule has 20 heavy (non-hydrogen) atoms. The van der Waals surface area contributed by atoms with Gasteiger partial charge >= 0.3 is 6.18 Å². The van der Waals surface area contributed by atoms with Crippen LogP contribution in [0.3, 0.4) is 0 Å². The molecule has 6 heteroatoms. The molecule has 1 aromatic rings. The van der Waals surface area contributed by atoms with Crippen molar-refractivity contribution in [1.82, 2.24) is 5.32 Å². The first kappa shape index (κ1) is 15.3. The Kier molecular flexibility index (Phi) is 4.65. The zero-order valence-electron chi connectivity index (χ0n) is 11.1. The molecule has 2 rings (SSSR count). The molecule has 0 radical (unpaired) electrons. The number of halogens is 4. The van der Waals surface area contributed by atoms with Crippen LogP contribution < -0.4 is 5.32 Å². The summed E-state index contributed by atoms with van der Waals surface area (Å²) in [6.45, 7) is 2.82. The first-order chi connectivity index (χ1) is 9.36. The minimum atomic E-state index is -4.53. The third kappa shape index (κ3) is 3.93. The summed E-state index contributed by atoms with van der Waals surface area (Å²) >= 11 is 0. The molecule has 0 aliphatic carbocycles. The second kappa shape index (κ2) is 6.10. The molecule has 0 spiro atoms. The van der Waals surface area contributed by atoms with Gasteiger partial charge in [0.1, 0.15) is 5.82 Å². The van der Waals surface area contributed by atoms with Gasteiger partial charge < -0.3 is 10.1 Å². The molecule has 1 aliphatic rings. The number of alkyl halides is 3. The van der Waals surface area contributed by atoms with Gasteiger partial charge in [0, 0.05) is 19.2 Å². The zero-order chi connectivity index (χ0) is 14.8. The Labute approximate surface area is 115 Å². The van der Waals surface area contributed by atoms with Crippen molar-refractivity contribution in [2.45, 2.75) is 44.6 Å². The van der Waals surface area contributed by atoms with Crippen molar-refractivity contribution in [2.24, 2.45) is 0 Å². The van der Waals surface area contributed by atoms with E-state index in [-0.39, 0.29) is 24.3 Å². The highest BCUT2D eigenvalue weighted by Crippen LogP contribution is 2.30. The number of benzene rings is 1. The van der Waals surface area contributed by atoms with Crippen LogP contribution in [0.5, 0.6) is 0 Å². The van der Waals surface area contributed by atoms with E-state index in [2.05, 4.69) is 5.32 Å². The van der Waals surface area contributed by atoms with Crippen LogP contribution in [0.2, 0.25) is 0 Å². The summed E-state index contributed by atoms with van der Waals surface area (Å²) in [5.41, 5.74) is -0.679. The highest BCUT2D eigenvalue weighted by molar-refractivity contribution is 5.26. The van der Waals surface area contributed by atoms with Gasteiger partial charge in [0.2, 0.25) is 0 Å². The second-order valence-corrected chi connectivity index (χ2v) is 5.07. The van der Waals surface area contributed by atoms with E-state index in [0.717, 1.165) is 31.6 Å². The molecule has 2 unspecified atom stereocenters. The van der Waals surface area contributed by atoms with E-state index in [1.54, 1.807) is 0 Å². The van der Waals surface area contributed by atoms with E-state index in [0.29, 0.717) is 6.07 Å². The predicted molar refractivity (Wildman–Crippen MR) is 66.7 cm³/mol. The van der Waals surface area contributed by atoms with Crippen LogP contribution in [0.15, 0.2) is 18.2 Å². The average Bonchev–Trinajstić information content (AvgIpc) is 2.88. The van der Waals surface area contributed by atoms with Gasteiger partial charge in [-0.2, -0.15) is 13.2 Å². The largest absolute Gasteiger partial charge is 0.416 e. The van der Waals surface area contributed by atoms with E-state index in [1.165, 1.54) is 0 Å². The lowest BCUT2D eigenvalue weighted by atomic mass is 10.1. The van der Waals surface area contributed by atoms with E-state index in [9.17, 15) is 17.6 Å². The third-order valence-corrected chi connectivity index (χ3v) is 3.44. The van der Waals surface area contributed by atoms with Crippen molar-refractivity contribution in [3.05, 3.63) is 35.1 Å². The maximum atomic E-state index is 13.2. The third-order valence-electron chi connectivity index (χ3n) is 3.44. The number of rotatable bonds is 4. The van der Waals surface area contributed by atoms with Gasteiger partial charge in [-0.3, -0.25) is 0 Å². The van der Waals surface area contributed by atoms with Crippen LogP contribution in [0.1, 0.15) is 30.9 Å². The first-order valence-electron chi connectivity index (χ1n) is 6.58. The van der Waals surface area contributed by atoms with Crippen molar-refractivity contribution in [2.75, 3.05) is 6.61 Å². The highest BCUT2D eigenvalue weighted by Gasteiger charge is 2.31. The fourth-order valence-corrected chi connectivity index (χ4v) is 2.32. The van der Waals surface area contributed by atoms with Crippen molar-refractivity contribution in [1.29, 1.82) is 0 Å². The Bertz CT molecular complexity index is 455. The Hall–Kier alpha value is -1.14. The molecule has 1 aromatic carbocycles. The zero-order valence-corrected chi connectivity index (χ0v) is 11.1. The Morgan fingerprint density at radius 1 is 1.35 bits per heavy atom. The average molecular weight is 291 g/mol. The van der Waals surface area contributed by atoms with Crippen molar-refractivity contribution in [3.8, 4) is 0 Å². The van der Waals surface area contributed by atoms with E-state index in [4.69, 9.17) is 4.74 Å². The minimum absolute atomic E-state index is 0.0232. The Balaban J connectivity index is 2.00. The van der Waals surface area contributed by atoms with Crippen LogP contribution in [-0.4, -0.2) is 18.8 Å². The molecule has 1 saturated heterocycles. The first-order valence-corrected chi connectivity index (χ1v) is 6.58. The number of nitrogens with one attached hydrogen (secondary N) is 1. The SMILES string of the molecule is CC(NCc1cc(F)cc(C(F)(F)F)c1)C1CCCO1. The van der Waals surface area contributed by atoms with E-state index in [1.807, 2.05) is 6.92 Å². The van der Waals surface area contributed by atoms with Gasteiger partial charge in [-0.05, 0) is 43.5 Å². The molecule has 0 bridgehead atoms. The Morgan fingerprint density at radius 3 is 2.70 bits per heavy atom. The van der Waals surface area contributed by atoms with E-state index < -0.39 is 17.6 Å².